The first-order chi connectivity index (χ1) is 12.6. The molecule has 0 aromatic heterocycles. The van der Waals surface area contributed by atoms with Crippen LogP contribution in [-0.4, -0.2) is 24.2 Å². The lowest BCUT2D eigenvalue weighted by Crippen LogP contribution is -2.20. The molecule has 2 aromatic rings. The Bertz CT molecular complexity index is 856. The number of hydrogen-bond donors (Lipinski definition) is 1. The summed E-state index contributed by atoms with van der Waals surface area (Å²) >= 11 is 1.33. The molecule has 0 saturated heterocycles. The Hall–Kier alpha value is -3.04. The number of hydrogen-bond acceptors (Lipinski definition) is 5. The molecular weight excluding hydrogens is 348 g/mol. The van der Waals surface area contributed by atoms with Gasteiger partial charge < -0.3 is 10.1 Å². The van der Waals surface area contributed by atoms with Crippen molar-refractivity contribution >= 4 is 35.4 Å². The molecule has 2 aromatic carbocycles. The second-order valence-electron chi connectivity index (χ2n) is 5.35. The van der Waals surface area contributed by atoms with E-state index in [-0.39, 0.29) is 12.4 Å². The second-order valence-corrected chi connectivity index (χ2v) is 6.36. The summed E-state index contributed by atoms with van der Waals surface area (Å²) in [4.78, 5) is 24.5. The highest BCUT2D eigenvalue weighted by Crippen LogP contribution is 2.26. The van der Waals surface area contributed by atoms with E-state index >= 15 is 0 Å². The van der Waals surface area contributed by atoms with E-state index in [1.54, 1.807) is 18.2 Å². The summed E-state index contributed by atoms with van der Waals surface area (Å²) in [5.41, 5.74) is 2.56. The highest BCUT2D eigenvalue weighted by atomic mass is 32.2. The third-order valence-corrected chi connectivity index (χ3v) is 4.19. The molecule has 0 aliphatic rings. The number of carbonyl (C=O) groups excluding carboxylic acids is 2. The van der Waals surface area contributed by atoms with Gasteiger partial charge in [-0.2, -0.15) is 5.26 Å². The van der Waals surface area contributed by atoms with Crippen molar-refractivity contribution in [1.82, 2.24) is 0 Å². The van der Waals surface area contributed by atoms with Gasteiger partial charge in [-0.1, -0.05) is 42.0 Å². The van der Waals surface area contributed by atoms with Crippen molar-refractivity contribution in [1.29, 1.82) is 5.26 Å². The van der Waals surface area contributed by atoms with Gasteiger partial charge in [0.1, 0.15) is 0 Å². The summed E-state index contributed by atoms with van der Waals surface area (Å²) in [6.07, 6.45) is 2.93. The van der Waals surface area contributed by atoms with Crippen LogP contribution >= 0.6 is 11.8 Å². The first-order valence-electron chi connectivity index (χ1n) is 7.88. The van der Waals surface area contributed by atoms with Crippen molar-refractivity contribution in [3.05, 3.63) is 65.7 Å². The number of nitrogens with zero attached hydrogens (tertiary/aromatic N) is 1. The van der Waals surface area contributed by atoms with Crippen LogP contribution in [0.2, 0.25) is 0 Å². The lowest BCUT2D eigenvalue weighted by Gasteiger charge is -2.09. The van der Waals surface area contributed by atoms with Crippen LogP contribution in [0.1, 0.15) is 11.1 Å². The minimum atomic E-state index is -0.589. The number of nitrogens with one attached hydrogen (secondary N) is 1. The quantitative estimate of drug-likeness (QED) is 0.458. The van der Waals surface area contributed by atoms with Gasteiger partial charge in [0.05, 0.1) is 17.5 Å². The molecule has 0 unspecified atom stereocenters. The Labute approximate surface area is 156 Å². The third-order valence-electron chi connectivity index (χ3n) is 3.25. The molecule has 0 bridgehead atoms. The maximum atomic E-state index is 12.0. The second kappa shape index (κ2) is 10.1. The number of ether oxygens (including phenoxy) is 1. The van der Waals surface area contributed by atoms with Crippen molar-refractivity contribution < 1.29 is 14.3 Å². The number of carbonyl (C=O) groups is 2. The van der Waals surface area contributed by atoms with Crippen LogP contribution in [0.3, 0.4) is 0 Å². The monoisotopic (exact) mass is 366 g/mol. The van der Waals surface area contributed by atoms with Crippen LogP contribution in [-0.2, 0) is 14.3 Å². The Morgan fingerprint density at radius 2 is 2.04 bits per heavy atom. The fraction of sp³-hybridized carbons (Fsp3) is 0.150. The van der Waals surface area contributed by atoms with Gasteiger partial charge >= 0.3 is 5.97 Å². The maximum Gasteiger partial charge on any atom is 0.331 e. The van der Waals surface area contributed by atoms with Crippen LogP contribution in [0.5, 0.6) is 0 Å². The molecule has 1 N–H and O–H groups in total. The Balaban J connectivity index is 1.85. The minimum Gasteiger partial charge on any atom is -0.452 e. The van der Waals surface area contributed by atoms with Crippen molar-refractivity contribution in [2.45, 2.75) is 11.8 Å². The van der Waals surface area contributed by atoms with Gasteiger partial charge in [-0.25, -0.2) is 4.79 Å². The number of nitriles is 1. The van der Waals surface area contributed by atoms with Crippen LogP contribution < -0.4 is 5.32 Å². The normalized spacial score (nSPS) is 10.3. The summed E-state index contributed by atoms with van der Waals surface area (Å²) in [5, 5.41) is 11.4. The van der Waals surface area contributed by atoms with Gasteiger partial charge in [-0.15, -0.1) is 11.8 Å². The van der Waals surface area contributed by atoms with Crippen LogP contribution in [0.4, 0.5) is 5.69 Å². The van der Waals surface area contributed by atoms with Crippen molar-refractivity contribution in [3.8, 4) is 6.07 Å². The molecule has 0 saturated carbocycles. The average molecular weight is 366 g/mol. The zero-order valence-electron chi connectivity index (χ0n) is 14.3. The van der Waals surface area contributed by atoms with E-state index in [9.17, 15) is 9.59 Å². The van der Waals surface area contributed by atoms with Crippen molar-refractivity contribution in [2.75, 3.05) is 17.7 Å². The third kappa shape index (κ3) is 6.46. The van der Waals surface area contributed by atoms with Crippen LogP contribution in [0, 0.1) is 18.3 Å². The average Bonchev–Trinajstić information content (AvgIpc) is 2.64. The van der Waals surface area contributed by atoms with E-state index in [2.05, 4.69) is 5.32 Å². The maximum absolute atomic E-state index is 12.0. The lowest BCUT2D eigenvalue weighted by atomic mass is 10.1. The summed E-state index contributed by atoms with van der Waals surface area (Å²) in [6.45, 7) is 1.58. The number of amides is 1. The van der Waals surface area contributed by atoms with E-state index < -0.39 is 11.9 Å². The van der Waals surface area contributed by atoms with Crippen LogP contribution in [0.15, 0.2) is 59.5 Å². The summed E-state index contributed by atoms with van der Waals surface area (Å²) < 4.78 is 4.95. The number of benzene rings is 2. The fourth-order valence-electron chi connectivity index (χ4n) is 2.11. The van der Waals surface area contributed by atoms with Gasteiger partial charge in [0.15, 0.2) is 6.61 Å². The standard InChI is InChI=1S/C20H18N2O3S/c1-15-5-4-6-16(13-15)9-10-20(24)25-14-19(23)22-17-7-2-3-8-18(17)26-12-11-21/h2-10,13H,12,14H2,1H3,(H,22,23)/b10-9+. The highest BCUT2D eigenvalue weighted by molar-refractivity contribution is 7.99. The number of aryl methyl sites for hydroxylation is 1. The molecule has 0 fully saturated rings. The topological polar surface area (TPSA) is 79.2 Å². The summed E-state index contributed by atoms with van der Waals surface area (Å²) in [7, 11) is 0. The van der Waals surface area contributed by atoms with E-state index in [1.165, 1.54) is 17.8 Å². The van der Waals surface area contributed by atoms with Gasteiger partial charge in [-0.05, 0) is 30.7 Å². The Kier molecular flexibility index (Phi) is 7.47. The lowest BCUT2D eigenvalue weighted by molar-refractivity contribution is -0.142. The molecule has 0 radical (unpaired) electrons. The Morgan fingerprint density at radius 3 is 2.81 bits per heavy atom. The number of thioether (sulfide) groups is 1. The molecule has 1 amide bonds. The van der Waals surface area contributed by atoms with E-state index in [0.717, 1.165) is 16.0 Å². The molecule has 132 valence electrons. The van der Waals surface area contributed by atoms with Crippen LogP contribution in [0.25, 0.3) is 6.08 Å². The van der Waals surface area contributed by atoms with E-state index in [4.69, 9.17) is 10.00 Å². The number of esters is 1. The predicted octanol–water partition coefficient (Wildman–Crippen LogP) is 3.81. The fourth-order valence-corrected chi connectivity index (χ4v) is 2.78. The largest absolute Gasteiger partial charge is 0.452 e. The summed E-state index contributed by atoms with van der Waals surface area (Å²) in [6, 6.07) is 16.9. The molecule has 6 heteroatoms. The SMILES string of the molecule is Cc1cccc(/C=C/C(=O)OCC(=O)Nc2ccccc2SCC#N)c1. The smallest absolute Gasteiger partial charge is 0.331 e. The zero-order chi connectivity index (χ0) is 18.8. The molecule has 0 heterocycles. The zero-order valence-corrected chi connectivity index (χ0v) is 15.1. The molecule has 0 spiro atoms. The van der Waals surface area contributed by atoms with Crippen molar-refractivity contribution in [2.24, 2.45) is 0 Å². The van der Waals surface area contributed by atoms with Gasteiger partial charge in [0.2, 0.25) is 0 Å². The molecule has 0 aliphatic heterocycles. The van der Waals surface area contributed by atoms with Gasteiger partial charge in [0.25, 0.3) is 5.91 Å². The minimum absolute atomic E-state index is 0.283. The van der Waals surface area contributed by atoms with Gasteiger partial charge in [-0.3, -0.25) is 4.79 Å². The molecule has 0 atom stereocenters. The molecule has 5 nitrogen and oxygen atoms in total. The first-order valence-corrected chi connectivity index (χ1v) is 8.87. The molecular formula is C20H18N2O3S. The molecule has 2 rings (SSSR count). The van der Waals surface area contributed by atoms with Crippen molar-refractivity contribution in [3.63, 3.8) is 0 Å². The predicted molar refractivity (Wildman–Crippen MR) is 103 cm³/mol. The highest BCUT2D eigenvalue weighted by Gasteiger charge is 2.09. The van der Waals surface area contributed by atoms with E-state index in [0.29, 0.717) is 5.69 Å². The van der Waals surface area contributed by atoms with Gasteiger partial charge in [0, 0.05) is 11.0 Å². The number of para-hydroxylation sites is 1. The van der Waals surface area contributed by atoms with E-state index in [1.807, 2.05) is 49.4 Å². The summed E-state index contributed by atoms with van der Waals surface area (Å²) in [5.74, 6) is -0.743. The number of rotatable bonds is 7. The first kappa shape index (κ1) is 19.3. The Morgan fingerprint density at radius 1 is 1.23 bits per heavy atom. The molecule has 26 heavy (non-hydrogen) atoms. The molecule has 0 aliphatic carbocycles. The number of anilines is 1.